The molecule has 0 bridgehead atoms. The van der Waals surface area contributed by atoms with E-state index in [-0.39, 0.29) is 62.9 Å². The van der Waals surface area contributed by atoms with Gasteiger partial charge in [-0.25, -0.2) is 9.59 Å². The van der Waals surface area contributed by atoms with Gasteiger partial charge < -0.3 is 45.7 Å². The third kappa shape index (κ3) is 23.1. The SMILES string of the molecule is CC1=C(/C=C/C(C)=C/C=C/C(C)=C/C=C/C=C(C)/C=C/C=C(C)/C=C/C2=C(C)C(=O)C(OC(=O)CNC(=O)NCCCC(=O)O)CC2(C)C)C(C)(C)CC(OC(=O)CNC(=O)NCCCC(=O)O)O1. The van der Waals surface area contributed by atoms with Crippen LogP contribution in [-0.4, -0.2) is 90.5 Å². The zero-order chi connectivity index (χ0) is 51.7. The van der Waals surface area contributed by atoms with Crippen LogP contribution < -0.4 is 21.3 Å². The van der Waals surface area contributed by atoms with Crippen molar-refractivity contribution in [2.75, 3.05) is 26.2 Å². The third-order valence-corrected chi connectivity index (χ3v) is 10.9. The highest BCUT2D eigenvalue weighted by Crippen LogP contribution is 2.42. The molecule has 0 fully saturated rings. The molecule has 69 heavy (non-hydrogen) atoms. The van der Waals surface area contributed by atoms with E-state index >= 15 is 0 Å². The summed E-state index contributed by atoms with van der Waals surface area (Å²) in [7, 11) is 0. The number of ether oxygens (including phenoxy) is 3. The van der Waals surface area contributed by atoms with Gasteiger partial charge in [0, 0.05) is 44.2 Å². The van der Waals surface area contributed by atoms with Gasteiger partial charge in [-0.1, -0.05) is 135 Å². The van der Waals surface area contributed by atoms with Crippen molar-refractivity contribution in [3.05, 3.63) is 130 Å². The van der Waals surface area contributed by atoms with Gasteiger partial charge in [-0.05, 0) is 76.5 Å². The Bertz CT molecular complexity index is 2240. The lowest BCUT2D eigenvalue weighted by atomic mass is 9.71. The highest BCUT2D eigenvalue weighted by Gasteiger charge is 2.40. The number of carbonyl (C=O) groups excluding carboxylic acids is 5. The van der Waals surface area contributed by atoms with Crippen LogP contribution in [0.2, 0.25) is 0 Å². The van der Waals surface area contributed by atoms with Crippen molar-refractivity contribution >= 4 is 41.7 Å². The molecule has 6 N–H and O–H groups in total. The molecule has 0 aromatic heterocycles. The van der Waals surface area contributed by atoms with Crippen LogP contribution in [0, 0.1) is 10.8 Å². The average Bonchev–Trinajstić information content (AvgIpc) is 3.24. The first-order valence-electron chi connectivity index (χ1n) is 23.0. The Hall–Kier alpha value is -6.97. The zero-order valence-electron chi connectivity index (χ0n) is 41.8. The van der Waals surface area contributed by atoms with E-state index in [0.717, 1.165) is 33.4 Å². The number of hydrogen-bond donors (Lipinski definition) is 6. The lowest BCUT2D eigenvalue weighted by molar-refractivity contribution is -0.178. The van der Waals surface area contributed by atoms with Gasteiger partial charge in [0.2, 0.25) is 6.29 Å². The molecule has 1 aliphatic carbocycles. The number of allylic oxidation sites excluding steroid dienone is 21. The summed E-state index contributed by atoms with van der Waals surface area (Å²) in [6, 6.07) is -1.22. The van der Waals surface area contributed by atoms with Gasteiger partial charge in [-0.15, -0.1) is 0 Å². The van der Waals surface area contributed by atoms with Crippen molar-refractivity contribution in [3.63, 3.8) is 0 Å². The standard InChI is InChI=1S/C53H72N4O12/c1-35(19-13-21-37(3)25-27-41-39(5)49(64)43(31-52(41,7)8)68-46(62)33-56-50(65)54-29-15-23-44(58)59)17-11-12-18-36(2)20-14-22-38(4)26-28-42-40(6)67-48(32-53(42,9)10)69-47(63)34-57-51(66)55-30-16-24-45(60)61/h11-14,17-22,25-28,43,48H,15-16,23-24,29-34H2,1-10H3,(H,58,59)(H,60,61)(H2,54,56,65)(H2,55,57,66)/b12-11+,19-13+,20-14+,27-25+,28-26+,35-17+,36-18+,37-21+,38-22+. The quantitative estimate of drug-likeness (QED) is 0.0303. The molecule has 2 aliphatic rings. The number of amides is 4. The van der Waals surface area contributed by atoms with E-state index in [4.69, 9.17) is 24.4 Å². The van der Waals surface area contributed by atoms with Crippen LogP contribution in [-0.2, 0) is 38.2 Å². The van der Waals surface area contributed by atoms with E-state index < -0.39 is 60.3 Å². The van der Waals surface area contributed by atoms with Crippen molar-refractivity contribution in [1.82, 2.24) is 21.3 Å². The summed E-state index contributed by atoms with van der Waals surface area (Å²) in [5.41, 5.74) is 5.61. The second-order valence-corrected chi connectivity index (χ2v) is 18.2. The summed E-state index contributed by atoms with van der Waals surface area (Å²) in [5.74, 6) is -2.96. The van der Waals surface area contributed by atoms with Crippen molar-refractivity contribution in [1.29, 1.82) is 0 Å². The molecule has 0 radical (unpaired) electrons. The summed E-state index contributed by atoms with van der Waals surface area (Å²) >= 11 is 0. The number of Topliss-reactive ketones (excluding diaryl/α,β-unsaturated/α-hetero) is 1. The molecule has 2 unspecified atom stereocenters. The van der Waals surface area contributed by atoms with Crippen molar-refractivity contribution in [2.24, 2.45) is 10.8 Å². The lowest BCUT2D eigenvalue weighted by Crippen LogP contribution is -2.43. The van der Waals surface area contributed by atoms with E-state index in [2.05, 4.69) is 21.3 Å². The summed E-state index contributed by atoms with van der Waals surface area (Å²) in [5, 5.41) is 27.1. The topological polar surface area (TPSA) is 236 Å². The molecule has 376 valence electrons. The molecule has 16 nitrogen and oxygen atoms in total. The van der Waals surface area contributed by atoms with Gasteiger partial charge in [0.05, 0.1) is 0 Å². The van der Waals surface area contributed by atoms with Crippen LogP contribution in [0.4, 0.5) is 9.59 Å². The summed E-state index contributed by atoms with van der Waals surface area (Å²) in [4.78, 5) is 83.0. The molecule has 2 atom stereocenters. The van der Waals surface area contributed by atoms with E-state index in [0.29, 0.717) is 17.8 Å². The molecule has 0 aromatic rings. The van der Waals surface area contributed by atoms with Gasteiger partial charge in [0.25, 0.3) is 0 Å². The Morgan fingerprint density at radius 2 is 1.03 bits per heavy atom. The molecule has 0 saturated carbocycles. The monoisotopic (exact) mass is 957 g/mol. The largest absolute Gasteiger partial charge is 0.481 e. The van der Waals surface area contributed by atoms with E-state index in [1.165, 1.54) is 0 Å². The van der Waals surface area contributed by atoms with Gasteiger partial charge in [0.15, 0.2) is 11.9 Å². The minimum absolute atomic E-state index is 0.0649. The predicted octanol–water partition coefficient (Wildman–Crippen LogP) is 8.70. The molecule has 16 heteroatoms. The Morgan fingerprint density at radius 1 is 0.609 bits per heavy atom. The third-order valence-electron chi connectivity index (χ3n) is 10.9. The maximum absolute atomic E-state index is 13.2. The van der Waals surface area contributed by atoms with Gasteiger partial charge in [-0.2, -0.15) is 0 Å². The van der Waals surface area contributed by atoms with Gasteiger partial charge >= 0.3 is 35.9 Å². The minimum atomic E-state index is -0.974. The molecular weight excluding hydrogens is 885 g/mol. The predicted molar refractivity (Wildman–Crippen MR) is 265 cm³/mol. The number of esters is 2. The second kappa shape index (κ2) is 29.0. The van der Waals surface area contributed by atoms with E-state index in [9.17, 15) is 33.6 Å². The Balaban J connectivity index is 1.88. The number of ketones is 1. The van der Waals surface area contributed by atoms with Gasteiger partial charge in [0.1, 0.15) is 18.8 Å². The zero-order valence-corrected chi connectivity index (χ0v) is 41.8. The number of carbonyl (C=O) groups is 7. The smallest absolute Gasteiger partial charge is 0.328 e. The highest BCUT2D eigenvalue weighted by atomic mass is 16.7. The fourth-order valence-electron chi connectivity index (χ4n) is 7.18. The first-order valence-corrected chi connectivity index (χ1v) is 23.0. The van der Waals surface area contributed by atoms with Crippen molar-refractivity contribution in [3.8, 4) is 0 Å². The molecule has 0 aromatic carbocycles. The second-order valence-electron chi connectivity index (χ2n) is 18.2. The normalized spacial score (nSPS) is 19.1. The number of carboxylic acid groups (broad SMARTS) is 2. The molecule has 1 aliphatic heterocycles. The van der Waals surface area contributed by atoms with Crippen molar-refractivity contribution in [2.45, 2.75) is 120 Å². The summed E-state index contributed by atoms with van der Waals surface area (Å²) in [6.07, 6.45) is 27.1. The summed E-state index contributed by atoms with van der Waals surface area (Å²) < 4.78 is 16.9. The Kier molecular flexibility index (Phi) is 24.5. The number of nitrogens with one attached hydrogen (secondary N) is 4. The Morgan fingerprint density at radius 3 is 1.49 bits per heavy atom. The van der Waals surface area contributed by atoms with Gasteiger partial charge in [-0.3, -0.25) is 24.0 Å². The highest BCUT2D eigenvalue weighted by molar-refractivity contribution is 6.01. The molecule has 0 spiro atoms. The Labute approximate surface area is 406 Å². The summed E-state index contributed by atoms with van der Waals surface area (Å²) in [6.45, 7) is 19.1. The number of carboxylic acids is 2. The number of rotatable bonds is 24. The van der Waals surface area contributed by atoms with Crippen molar-refractivity contribution < 1.29 is 58.0 Å². The maximum atomic E-state index is 13.2. The number of urea groups is 2. The molecule has 1 heterocycles. The number of aliphatic carboxylic acids is 2. The first kappa shape index (κ1) is 58.2. The van der Waals surface area contributed by atoms with Crippen LogP contribution in [0.1, 0.15) is 108 Å². The fraction of sp³-hybridized carbons (Fsp3) is 0.453. The van der Waals surface area contributed by atoms with Crippen LogP contribution in [0.25, 0.3) is 0 Å². The van der Waals surface area contributed by atoms with Crippen LogP contribution >= 0.6 is 0 Å². The average molecular weight is 957 g/mol. The molecular formula is C53H72N4O12. The van der Waals surface area contributed by atoms with Crippen LogP contribution in [0.15, 0.2) is 130 Å². The first-order chi connectivity index (χ1) is 32.4. The minimum Gasteiger partial charge on any atom is -0.481 e. The number of hydrogen-bond acceptors (Lipinski definition) is 10. The maximum Gasteiger partial charge on any atom is 0.328 e. The molecule has 0 saturated heterocycles. The van der Waals surface area contributed by atoms with Crippen LogP contribution in [0.3, 0.4) is 0 Å². The van der Waals surface area contributed by atoms with E-state index in [1.807, 2.05) is 147 Å². The van der Waals surface area contributed by atoms with Crippen LogP contribution in [0.5, 0.6) is 0 Å². The lowest BCUT2D eigenvalue weighted by Gasteiger charge is -2.37. The molecule has 4 amide bonds. The van der Waals surface area contributed by atoms with E-state index in [1.54, 1.807) is 6.92 Å². The molecule has 2 rings (SSSR count). The fourth-order valence-corrected chi connectivity index (χ4v) is 7.18.